The molecule has 0 aromatic carbocycles. The van der Waals surface area contributed by atoms with Crippen LogP contribution < -0.4 is 5.73 Å². The highest BCUT2D eigenvalue weighted by Crippen LogP contribution is 2.19. The monoisotopic (exact) mass is 243 g/mol. The number of aryl methyl sites for hydroxylation is 1. The molecular formula is C13H17N5. The Bertz CT molecular complexity index is 534. The molecule has 0 bridgehead atoms. The predicted molar refractivity (Wildman–Crippen MR) is 69.8 cm³/mol. The molecule has 0 aliphatic heterocycles. The van der Waals surface area contributed by atoms with E-state index < -0.39 is 0 Å². The normalized spacial score (nSPS) is 10.9. The average Bonchev–Trinajstić information content (AvgIpc) is 2.39. The van der Waals surface area contributed by atoms with Crippen LogP contribution >= 0.6 is 0 Å². The summed E-state index contributed by atoms with van der Waals surface area (Å²) in [5.74, 6) is 1.40. The van der Waals surface area contributed by atoms with Crippen LogP contribution in [0, 0.1) is 6.92 Å². The Kier molecular flexibility index (Phi) is 3.62. The molecule has 0 aliphatic rings. The Hall–Kier alpha value is -1.88. The summed E-state index contributed by atoms with van der Waals surface area (Å²) in [7, 11) is 0. The van der Waals surface area contributed by atoms with E-state index in [4.69, 9.17) is 5.73 Å². The molecule has 2 N–H and O–H groups in total. The van der Waals surface area contributed by atoms with Crippen molar-refractivity contribution in [1.29, 1.82) is 0 Å². The van der Waals surface area contributed by atoms with Crippen LogP contribution in [0.4, 0.5) is 0 Å². The molecule has 0 radical (unpaired) electrons. The van der Waals surface area contributed by atoms with Crippen molar-refractivity contribution in [3.05, 3.63) is 35.4 Å². The summed E-state index contributed by atoms with van der Waals surface area (Å²) in [5, 5.41) is 0. The molecule has 0 saturated heterocycles. The van der Waals surface area contributed by atoms with E-state index in [2.05, 4.69) is 33.8 Å². The standard InChI is InChI=1S/C13H17N5/c1-8(2)11-10(4-14)7-17-13(18-11)12-15-5-9(3)6-16-12/h5-8H,4,14H2,1-3H3. The molecule has 0 unspecified atom stereocenters. The summed E-state index contributed by atoms with van der Waals surface area (Å²) in [6.07, 6.45) is 5.29. The molecule has 0 saturated carbocycles. The molecule has 0 amide bonds. The zero-order valence-electron chi connectivity index (χ0n) is 10.9. The van der Waals surface area contributed by atoms with Gasteiger partial charge >= 0.3 is 0 Å². The summed E-state index contributed by atoms with van der Waals surface area (Å²) < 4.78 is 0. The molecule has 2 heterocycles. The van der Waals surface area contributed by atoms with E-state index in [9.17, 15) is 0 Å². The fraction of sp³-hybridized carbons (Fsp3) is 0.385. The lowest BCUT2D eigenvalue weighted by Gasteiger charge is -2.10. The fourth-order valence-electron chi connectivity index (χ4n) is 1.69. The third kappa shape index (κ3) is 2.51. The smallest absolute Gasteiger partial charge is 0.197 e. The van der Waals surface area contributed by atoms with Crippen molar-refractivity contribution in [3.63, 3.8) is 0 Å². The average molecular weight is 243 g/mol. The fourth-order valence-corrected chi connectivity index (χ4v) is 1.69. The zero-order chi connectivity index (χ0) is 13.1. The SMILES string of the molecule is Cc1cnc(-c2ncc(CN)c(C(C)C)n2)nc1. The molecule has 94 valence electrons. The van der Waals surface area contributed by atoms with Gasteiger partial charge in [-0.2, -0.15) is 0 Å². The lowest BCUT2D eigenvalue weighted by atomic mass is 10.1. The first-order valence-corrected chi connectivity index (χ1v) is 5.96. The highest BCUT2D eigenvalue weighted by molar-refractivity contribution is 5.43. The van der Waals surface area contributed by atoms with Gasteiger partial charge in [0, 0.05) is 30.7 Å². The van der Waals surface area contributed by atoms with E-state index >= 15 is 0 Å². The largest absolute Gasteiger partial charge is 0.326 e. The van der Waals surface area contributed by atoms with Crippen LogP contribution in [0.3, 0.4) is 0 Å². The second-order valence-corrected chi connectivity index (χ2v) is 4.55. The summed E-state index contributed by atoms with van der Waals surface area (Å²) in [4.78, 5) is 17.3. The molecular weight excluding hydrogens is 226 g/mol. The third-order valence-electron chi connectivity index (χ3n) is 2.65. The van der Waals surface area contributed by atoms with Crippen molar-refractivity contribution >= 4 is 0 Å². The summed E-state index contributed by atoms with van der Waals surface area (Å²) in [6.45, 7) is 6.56. The molecule has 18 heavy (non-hydrogen) atoms. The summed E-state index contributed by atoms with van der Waals surface area (Å²) in [5.41, 5.74) is 8.64. The topological polar surface area (TPSA) is 77.6 Å². The quantitative estimate of drug-likeness (QED) is 0.889. The van der Waals surface area contributed by atoms with Crippen LogP contribution in [0.1, 0.15) is 36.6 Å². The maximum Gasteiger partial charge on any atom is 0.197 e. The van der Waals surface area contributed by atoms with Crippen LogP contribution in [0.15, 0.2) is 18.6 Å². The van der Waals surface area contributed by atoms with Gasteiger partial charge < -0.3 is 5.73 Å². The van der Waals surface area contributed by atoms with Gasteiger partial charge in [0.2, 0.25) is 0 Å². The second kappa shape index (κ2) is 5.18. The zero-order valence-corrected chi connectivity index (χ0v) is 10.9. The van der Waals surface area contributed by atoms with Crippen LogP contribution in [0.5, 0.6) is 0 Å². The van der Waals surface area contributed by atoms with Crippen LogP contribution in [-0.2, 0) is 6.54 Å². The first-order chi connectivity index (χ1) is 8.61. The van der Waals surface area contributed by atoms with Gasteiger partial charge in [0.05, 0.1) is 5.69 Å². The first kappa shape index (κ1) is 12.6. The van der Waals surface area contributed by atoms with Crippen molar-refractivity contribution in [2.24, 2.45) is 5.73 Å². The summed E-state index contributed by atoms with van der Waals surface area (Å²) in [6, 6.07) is 0. The minimum absolute atomic E-state index is 0.302. The van der Waals surface area contributed by atoms with Gasteiger partial charge in [-0.3, -0.25) is 0 Å². The minimum atomic E-state index is 0.302. The molecule has 0 atom stereocenters. The molecule has 2 aromatic rings. The van der Waals surface area contributed by atoms with Gasteiger partial charge in [0.15, 0.2) is 11.6 Å². The highest BCUT2D eigenvalue weighted by Gasteiger charge is 2.12. The molecule has 5 nitrogen and oxygen atoms in total. The van der Waals surface area contributed by atoms with Crippen LogP contribution in [-0.4, -0.2) is 19.9 Å². The van der Waals surface area contributed by atoms with Crippen molar-refractivity contribution in [3.8, 4) is 11.6 Å². The molecule has 0 aliphatic carbocycles. The van der Waals surface area contributed by atoms with Crippen molar-refractivity contribution in [2.45, 2.75) is 33.2 Å². The van der Waals surface area contributed by atoms with Gasteiger partial charge in [-0.05, 0) is 18.4 Å². The van der Waals surface area contributed by atoms with Gasteiger partial charge in [0.25, 0.3) is 0 Å². The Morgan fingerprint density at radius 2 is 1.67 bits per heavy atom. The van der Waals surface area contributed by atoms with E-state index in [1.807, 2.05) is 6.92 Å². The Morgan fingerprint density at radius 1 is 1.06 bits per heavy atom. The Balaban J connectivity index is 2.46. The van der Waals surface area contributed by atoms with E-state index in [-0.39, 0.29) is 0 Å². The number of hydrogen-bond donors (Lipinski definition) is 1. The minimum Gasteiger partial charge on any atom is -0.326 e. The molecule has 2 rings (SSSR count). The van der Waals surface area contributed by atoms with Crippen LogP contribution in [0.25, 0.3) is 11.6 Å². The number of hydrogen-bond acceptors (Lipinski definition) is 5. The molecule has 2 aromatic heterocycles. The lowest BCUT2D eigenvalue weighted by Crippen LogP contribution is -2.08. The predicted octanol–water partition coefficient (Wildman–Crippen LogP) is 1.82. The molecule has 0 fully saturated rings. The Labute approximate surface area is 107 Å². The Morgan fingerprint density at radius 3 is 2.22 bits per heavy atom. The van der Waals surface area contributed by atoms with Gasteiger partial charge in [-0.15, -0.1) is 0 Å². The van der Waals surface area contributed by atoms with Crippen molar-refractivity contribution in [2.75, 3.05) is 0 Å². The second-order valence-electron chi connectivity index (χ2n) is 4.55. The number of aromatic nitrogens is 4. The third-order valence-corrected chi connectivity index (χ3v) is 2.65. The van der Waals surface area contributed by atoms with Gasteiger partial charge in [0.1, 0.15) is 0 Å². The molecule has 0 spiro atoms. The maximum atomic E-state index is 5.69. The number of rotatable bonds is 3. The first-order valence-electron chi connectivity index (χ1n) is 5.96. The molecule has 5 heteroatoms. The van der Waals surface area contributed by atoms with E-state index in [1.54, 1.807) is 18.6 Å². The number of nitrogens with zero attached hydrogens (tertiary/aromatic N) is 4. The van der Waals surface area contributed by atoms with Crippen LogP contribution in [0.2, 0.25) is 0 Å². The highest BCUT2D eigenvalue weighted by atomic mass is 15.0. The van der Waals surface area contributed by atoms with E-state index in [0.29, 0.717) is 24.1 Å². The van der Waals surface area contributed by atoms with Gasteiger partial charge in [-0.25, -0.2) is 19.9 Å². The number of nitrogens with two attached hydrogens (primary N) is 1. The lowest BCUT2D eigenvalue weighted by molar-refractivity contribution is 0.785. The van der Waals surface area contributed by atoms with E-state index in [1.165, 1.54) is 0 Å². The van der Waals surface area contributed by atoms with Crippen molar-refractivity contribution in [1.82, 2.24) is 19.9 Å². The maximum absolute atomic E-state index is 5.69. The van der Waals surface area contributed by atoms with Crippen molar-refractivity contribution < 1.29 is 0 Å². The van der Waals surface area contributed by atoms with E-state index in [0.717, 1.165) is 16.8 Å². The summed E-state index contributed by atoms with van der Waals surface area (Å²) >= 11 is 0. The van der Waals surface area contributed by atoms with Gasteiger partial charge in [-0.1, -0.05) is 13.8 Å².